The Morgan fingerprint density at radius 1 is 1.13 bits per heavy atom. The van der Waals surface area contributed by atoms with Crippen LogP contribution in [0.4, 0.5) is 15.4 Å². The number of fused-ring (bicyclic) bond motifs is 1. The highest BCUT2D eigenvalue weighted by Crippen LogP contribution is 2.56. The summed E-state index contributed by atoms with van der Waals surface area (Å²) in [5, 5.41) is 13.3. The van der Waals surface area contributed by atoms with Crippen LogP contribution in [0.15, 0.2) is 30.3 Å². The molecular weight excluding hydrogens is 502 g/mol. The average Bonchev–Trinajstić information content (AvgIpc) is 3.33. The summed E-state index contributed by atoms with van der Waals surface area (Å²) in [7, 11) is -1.75. The molecule has 2 heterocycles. The van der Waals surface area contributed by atoms with E-state index in [1.54, 1.807) is 11.8 Å². The van der Waals surface area contributed by atoms with E-state index >= 15 is 0 Å². The normalized spacial score (nSPS) is 18.1. The molecule has 0 bridgehead atoms. The molecule has 11 heteroatoms. The molecule has 1 aliphatic heterocycles. The fraction of sp³-hybridized carbons (Fsp3) is 0.556. The lowest BCUT2D eigenvalue weighted by molar-refractivity contribution is -0.121. The van der Waals surface area contributed by atoms with Gasteiger partial charge in [0.2, 0.25) is 5.91 Å². The molecular formula is C27H39N5O5Si. The lowest BCUT2D eigenvalue weighted by Gasteiger charge is -2.48. The highest BCUT2D eigenvalue weighted by atomic mass is 28.3. The van der Waals surface area contributed by atoms with Crippen molar-refractivity contribution in [2.45, 2.75) is 82.8 Å². The highest BCUT2D eigenvalue weighted by molar-refractivity contribution is 6.83. The SMILES string of the molecule is CCOC(=O)OCC(NC(=O)N1Cc2c(NC(=O)C3([Si](C)(C)C)CCC3)n[nH]c2C1(C)C)c1ccccc1. The minimum Gasteiger partial charge on any atom is -0.435 e. The molecule has 38 heavy (non-hydrogen) atoms. The van der Waals surface area contributed by atoms with E-state index in [2.05, 4.69) is 40.5 Å². The summed E-state index contributed by atoms with van der Waals surface area (Å²) >= 11 is 0. The Morgan fingerprint density at radius 3 is 2.39 bits per heavy atom. The monoisotopic (exact) mass is 541 g/mol. The first-order valence-corrected chi connectivity index (χ1v) is 16.7. The largest absolute Gasteiger partial charge is 0.508 e. The lowest BCUT2D eigenvalue weighted by atomic mass is 9.83. The molecule has 0 radical (unpaired) electrons. The summed E-state index contributed by atoms with van der Waals surface area (Å²) in [4.78, 5) is 40.5. The third-order valence-electron chi connectivity index (χ3n) is 8.15. The van der Waals surface area contributed by atoms with Crippen molar-refractivity contribution in [3.8, 4) is 0 Å². The molecule has 3 amide bonds. The van der Waals surface area contributed by atoms with E-state index < -0.39 is 25.8 Å². The Morgan fingerprint density at radius 2 is 1.82 bits per heavy atom. The van der Waals surface area contributed by atoms with Crippen molar-refractivity contribution < 1.29 is 23.9 Å². The molecule has 1 saturated carbocycles. The van der Waals surface area contributed by atoms with E-state index in [-0.39, 0.29) is 36.7 Å². The second-order valence-corrected chi connectivity index (χ2v) is 17.1. The van der Waals surface area contributed by atoms with Gasteiger partial charge >= 0.3 is 12.2 Å². The van der Waals surface area contributed by atoms with Gasteiger partial charge in [0, 0.05) is 10.6 Å². The van der Waals surface area contributed by atoms with Crippen molar-refractivity contribution in [2.75, 3.05) is 18.5 Å². The van der Waals surface area contributed by atoms with Crippen LogP contribution in [0.25, 0.3) is 0 Å². The number of aromatic nitrogens is 2. The number of benzene rings is 1. The number of H-pyrrole nitrogens is 1. The zero-order valence-corrected chi connectivity index (χ0v) is 24.1. The molecule has 1 aromatic heterocycles. The topological polar surface area (TPSA) is 126 Å². The number of carbonyl (C=O) groups is 3. The molecule has 1 aliphatic carbocycles. The van der Waals surface area contributed by atoms with Gasteiger partial charge in [-0.15, -0.1) is 0 Å². The fourth-order valence-corrected chi connectivity index (χ4v) is 8.06. The average molecular weight is 542 g/mol. The van der Waals surface area contributed by atoms with E-state index in [0.717, 1.165) is 36.1 Å². The second-order valence-electron chi connectivity index (χ2n) is 11.6. The van der Waals surface area contributed by atoms with Crippen LogP contribution in [0.5, 0.6) is 0 Å². The molecule has 2 aromatic rings. The van der Waals surface area contributed by atoms with Crippen LogP contribution >= 0.6 is 0 Å². The van der Waals surface area contributed by atoms with Gasteiger partial charge in [0.1, 0.15) is 6.61 Å². The van der Waals surface area contributed by atoms with Crippen LogP contribution in [0.1, 0.15) is 62.9 Å². The number of hydrogen-bond donors (Lipinski definition) is 3. The van der Waals surface area contributed by atoms with Crippen molar-refractivity contribution in [3.05, 3.63) is 47.2 Å². The van der Waals surface area contributed by atoms with Crippen LogP contribution in [-0.4, -0.2) is 54.5 Å². The minimum absolute atomic E-state index is 0.0400. The number of aromatic amines is 1. The maximum atomic E-state index is 13.6. The molecule has 1 fully saturated rings. The van der Waals surface area contributed by atoms with Gasteiger partial charge < -0.3 is 25.0 Å². The zero-order valence-electron chi connectivity index (χ0n) is 23.1. The van der Waals surface area contributed by atoms with Crippen LogP contribution in [0.3, 0.4) is 0 Å². The predicted molar refractivity (Wildman–Crippen MR) is 146 cm³/mol. The Balaban J connectivity index is 1.50. The van der Waals surface area contributed by atoms with Crippen molar-refractivity contribution >= 4 is 32.0 Å². The van der Waals surface area contributed by atoms with Gasteiger partial charge in [-0.1, -0.05) is 56.4 Å². The number of carbonyl (C=O) groups excluding carboxylic acids is 3. The Kier molecular flexibility index (Phi) is 7.60. The molecule has 0 saturated heterocycles. The Bertz CT molecular complexity index is 1190. The number of nitrogens with zero attached hydrogens (tertiary/aromatic N) is 2. The highest BCUT2D eigenvalue weighted by Gasteiger charge is 2.54. The predicted octanol–water partition coefficient (Wildman–Crippen LogP) is 5.29. The summed E-state index contributed by atoms with van der Waals surface area (Å²) in [6, 6.07) is 8.43. The first kappa shape index (κ1) is 27.7. The van der Waals surface area contributed by atoms with Crippen LogP contribution in [0.2, 0.25) is 24.7 Å². The molecule has 1 unspecified atom stereocenters. The number of rotatable bonds is 8. The van der Waals surface area contributed by atoms with E-state index in [1.807, 2.05) is 44.2 Å². The van der Waals surface area contributed by atoms with Gasteiger partial charge in [0.15, 0.2) is 5.82 Å². The third-order valence-corrected chi connectivity index (χ3v) is 11.8. The van der Waals surface area contributed by atoms with Gasteiger partial charge in [-0.25, -0.2) is 9.59 Å². The Labute approximate surface area is 224 Å². The number of urea groups is 1. The number of nitrogens with one attached hydrogen (secondary N) is 3. The number of anilines is 1. The van der Waals surface area contributed by atoms with Gasteiger partial charge in [0.05, 0.1) is 38.5 Å². The minimum atomic E-state index is -1.75. The third kappa shape index (κ3) is 5.03. The maximum Gasteiger partial charge on any atom is 0.508 e. The standard InChI is InChI=1S/C27H39N5O5Si/c1-7-36-25(35)37-17-20(18-12-9-8-10-13-18)28-24(34)32-16-19-21(26(32,2)3)30-31-22(19)29-23(33)27(14-11-15-27)38(4,5)6/h8-10,12-13,20H,7,11,14-17H2,1-6H3,(H,28,34)(H2,29,30,31,33). The summed E-state index contributed by atoms with van der Waals surface area (Å²) in [5.74, 6) is 0.529. The zero-order chi connectivity index (χ0) is 27.7. The van der Waals surface area contributed by atoms with Gasteiger partial charge in [-0.2, -0.15) is 5.10 Å². The van der Waals surface area contributed by atoms with Crippen molar-refractivity contribution in [1.29, 1.82) is 0 Å². The molecule has 1 atom stereocenters. The second kappa shape index (κ2) is 10.4. The van der Waals surface area contributed by atoms with Gasteiger partial charge in [0.25, 0.3) is 0 Å². The summed E-state index contributed by atoms with van der Waals surface area (Å²) in [6.07, 6.45) is 2.11. The number of ether oxygens (including phenoxy) is 2. The van der Waals surface area contributed by atoms with E-state index in [9.17, 15) is 14.4 Å². The lowest BCUT2D eigenvalue weighted by Crippen LogP contribution is -2.52. The number of amides is 3. The molecule has 0 spiro atoms. The Hall–Kier alpha value is -3.34. The van der Waals surface area contributed by atoms with Crippen LogP contribution < -0.4 is 10.6 Å². The first-order valence-electron chi connectivity index (χ1n) is 13.2. The van der Waals surface area contributed by atoms with Crippen LogP contribution in [0, 0.1) is 0 Å². The van der Waals surface area contributed by atoms with Crippen molar-refractivity contribution in [1.82, 2.24) is 20.4 Å². The van der Waals surface area contributed by atoms with E-state index in [1.165, 1.54) is 0 Å². The molecule has 3 N–H and O–H groups in total. The first-order chi connectivity index (χ1) is 17.9. The molecule has 4 rings (SSSR count). The van der Waals surface area contributed by atoms with Crippen molar-refractivity contribution in [3.63, 3.8) is 0 Å². The fourth-order valence-electron chi connectivity index (χ4n) is 5.46. The molecule has 1 aromatic carbocycles. The molecule has 2 aliphatic rings. The summed E-state index contributed by atoms with van der Waals surface area (Å²) < 4.78 is 10.1. The van der Waals surface area contributed by atoms with Gasteiger partial charge in [-0.3, -0.25) is 9.89 Å². The quantitative estimate of drug-likeness (QED) is 0.308. The summed E-state index contributed by atoms with van der Waals surface area (Å²) in [5.41, 5.74) is 1.69. The van der Waals surface area contributed by atoms with E-state index in [0.29, 0.717) is 5.82 Å². The molecule has 10 nitrogen and oxygen atoms in total. The van der Waals surface area contributed by atoms with E-state index in [4.69, 9.17) is 9.47 Å². The number of hydrogen-bond acceptors (Lipinski definition) is 6. The van der Waals surface area contributed by atoms with Gasteiger partial charge in [-0.05, 0) is 39.2 Å². The van der Waals surface area contributed by atoms with Crippen molar-refractivity contribution in [2.24, 2.45) is 0 Å². The maximum absolute atomic E-state index is 13.6. The smallest absolute Gasteiger partial charge is 0.435 e. The molecule has 206 valence electrons. The summed E-state index contributed by atoms with van der Waals surface area (Å²) in [6.45, 7) is 12.7. The van der Waals surface area contributed by atoms with Crippen LogP contribution in [-0.2, 0) is 26.4 Å².